The maximum absolute atomic E-state index is 12.1. The van der Waals surface area contributed by atoms with Crippen LogP contribution in [0.3, 0.4) is 0 Å². The number of hydrogen-bond donors (Lipinski definition) is 1. The fourth-order valence-corrected chi connectivity index (χ4v) is 2.22. The molecule has 0 bridgehead atoms. The maximum Gasteiger partial charge on any atom is 0.241 e. The van der Waals surface area contributed by atoms with E-state index in [-0.39, 0.29) is 11.9 Å². The number of nitrogens with zero attached hydrogens (tertiary/aromatic N) is 1. The third-order valence-electron chi connectivity index (χ3n) is 3.43. The molecule has 18 heavy (non-hydrogen) atoms. The third-order valence-corrected chi connectivity index (χ3v) is 3.43. The average Bonchev–Trinajstić information content (AvgIpc) is 2.92. The van der Waals surface area contributed by atoms with Gasteiger partial charge in [0, 0.05) is 5.69 Å². The Morgan fingerprint density at radius 2 is 1.89 bits per heavy atom. The van der Waals surface area contributed by atoms with E-state index in [1.54, 1.807) is 7.11 Å². The number of nitrogens with one attached hydrogen (secondary N) is 1. The van der Waals surface area contributed by atoms with Crippen LogP contribution in [0.15, 0.2) is 24.3 Å². The molecule has 1 aromatic carbocycles. The van der Waals surface area contributed by atoms with Crippen molar-refractivity contribution >= 4 is 11.6 Å². The van der Waals surface area contributed by atoms with Gasteiger partial charge in [-0.2, -0.15) is 0 Å². The molecule has 1 heterocycles. The minimum absolute atomic E-state index is 0.0575. The molecule has 0 aromatic heterocycles. The molecule has 4 nitrogen and oxygen atoms in total. The Morgan fingerprint density at radius 1 is 1.28 bits per heavy atom. The highest BCUT2D eigenvalue weighted by Crippen LogP contribution is 2.17. The van der Waals surface area contributed by atoms with Crippen LogP contribution in [-0.4, -0.2) is 37.0 Å². The van der Waals surface area contributed by atoms with Crippen LogP contribution in [0.2, 0.25) is 0 Å². The number of anilines is 1. The summed E-state index contributed by atoms with van der Waals surface area (Å²) in [6.07, 6.45) is 2.39. The summed E-state index contributed by atoms with van der Waals surface area (Å²) in [5.74, 6) is 0.850. The molecule has 4 heteroatoms. The molecule has 1 aromatic rings. The van der Waals surface area contributed by atoms with Gasteiger partial charge in [0.1, 0.15) is 5.75 Å². The molecule has 1 N–H and O–H groups in total. The number of hydrogen-bond acceptors (Lipinski definition) is 3. The van der Waals surface area contributed by atoms with E-state index in [0.29, 0.717) is 0 Å². The van der Waals surface area contributed by atoms with Gasteiger partial charge >= 0.3 is 0 Å². The Kier molecular flexibility index (Phi) is 4.20. The van der Waals surface area contributed by atoms with Crippen molar-refractivity contribution in [2.24, 2.45) is 0 Å². The minimum Gasteiger partial charge on any atom is -0.497 e. The van der Waals surface area contributed by atoms with Crippen LogP contribution in [0, 0.1) is 0 Å². The summed E-state index contributed by atoms with van der Waals surface area (Å²) in [4.78, 5) is 14.3. The van der Waals surface area contributed by atoms with E-state index in [1.807, 2.05) is 31.2 Å². The van der Waals surface area contributed by atoms with Gasteiger partial charge in [-0.1, -0.05) is 0 Å². The summed E-state index contributed by atoms with van der Waals surface area (Å²) in [6.45, 7) is 4.01. The van der Waals surface area contributed by atoms with Gasteiger partial charge in [-0.15, -0.1) is 0 Å². The molecule has 1 fully saturated rings. The Labute approximate surface area is 108 Å². The number of ether oxygens (including phenoxy) is 1. The van der Waals surface area contributed by atoms with Gasteiger partial charge in [0.15, 0.2) is 0 Å². The quantitative estimate of drug-likeness (QED) is 0.887. The number of amides is 1. The van der Waals surface area contributed by atoms with Gasteiger partial charge in [-0.25, -0.2) is 0 Å². The predicted octanol–water partition coefficient (Wildman–Crippen LogP) is 2.12. The first-order chi connectivity index (χ1) is 8.70. The van der Waals surface area contributed by atoms with E-state index in [0.717, 1.165) is 24.5 Å². The Balaban J connectivity index is 1.93. The van der Waals surface area contributed by atoms with E-state index in [2.05, 4.69) is 10.2 Å². The lowest BCUT2D eigenvalue weighted by Gasteiger charge is -2.22. The van der Waals surface area contributed by atoms with E-state index >= 15 is 0 Å². The third kappa shape index (κ3) is 3.01. The van der Waals surface area contributed by atoms with E-state index < -0.39 is 0 Å². The fourth-order valence-electron chi connectivity index (χ4n) is 2.22. The van der Waals surface area contributed by atoms with Crippen LogP contribution >= 0.6 is 0 Å². The first kappa shape index (κ1) is 12.9. The second-order valence-electron chi connectivity index (χ2n) is 4.64. The van der Waals surface area contributed by atoms with Gasteiger partial charge in [0.05, 0.1) is 13.2 Å². The molecule has 0 aliphatic carbocycles. The standard InChI is InChI=1S/C14H20N2O2/c1-11(16-9-3-4-10-16)14(17)15-12-5-7-13(18-2)8-6-12/h5-8,11H,3-4,9-10H2,1-2H3,(H,15,17)/t11-/m0/s1. The number of benzene rings is 1. The highest BCUT2D eigenvalue weighted by molar-refractivity contribution is 5.94. The molecule has 1 amide bonds. The fraction of sp³-hybridized carbons (Fsp3) is 0.500. The van der Waals surface area contributed by atoms with Gasteiger partial charge in [-0.3, -0.25) is 9.69 Å². The summed E-state index contributed by atoms with van der Waals surface area (Å²) < 4.78 is 5.08. The molecule has 1 aliphatic heterocycles. The lowest BCUT2D eigenvalue weighted by molar-refractivity contribution is -0.120. The SMILES string of the molecule is COc1ccc(NC(=O)[C@H](C)N2CCCC2)cc1. The zero-order valence-corrected chi connectivity index (χ0v) is 11.0. The molecule has 1 aliphatic rings. The van der Waals surface area contributed by atoms with Crippen molar-refractivity contribution in [1.82, 2.24) is 4.90 Å². The molecule has 1 saturated heterocycles. The normalized spacial score (nSPS) is 17.4. The van der Waals surface area contributed by atoms with E-state index in [1.165, 1.54) is 12.8 Å². The highest BCUT2D eigenvalue weighted by Gasteiger charge is 2.23. The van der Waals surface area contributed by atoms with Gasteiger partial charge in [0.25, 0.3) is 0 Å². The zero-order chi connectivity index (χ0) is 13.0. The Hall–Kier alpha value is -1.55. The summed E-state index contributed by atoms with van der Waals surface area (Å²) >= 11 is 0. The Bertz CT molecular complexity index is 397. The lowest BCUT2D eigenvalue weighted by atomic mass is 10.2. The highest BCUT2D eigenvalue weighted by atomic mass is 16.5. The Morgan fingerprint density at radius 3 is 2.44 bits per heavy atom. The van der Waals surface area contributed by atoms with Crippen molar-refractivity contribution in [3.8, 4) is 5.75 Å². The molecule has 0 radical (unpaired) electrons. The number of carbonyl (C=O) groups excluding carboxylic acids is 1. The zero-order valence-electron chi connectivity index (χ0n) is 11.0. The largest absolute Gasteiger partial charge is 0.497 e. The predicted molar refractivity (Wildman–Crippen MR) is 71.9 cm³/mol. The van der Waals surface area contributed by atoms with E-state index in [4.69, 9.17) is 4.74 Å². The topological polar surface area (TPSA) is 41.6 Å². The monoisotopic (exact) mass is 248 g/mol. The summed E-state index contributed by atoms with van der Waals surface area (Å²) in [5, 5.41) is 2.93. The number of rotatable bonds is 4. The maximum atomic E-state index is 12.1. The van der Waals surface area contributed by atoms with Crippen molar-refractivity contribution in [3.05, 3.63) is 24.3 Å². The second-order valence-corrected chi connectivity index (χ2v) is 4.64. The summed E-state index contributed by atoms with van der Waals surface area (Å²) in [6, 6.07) is 7.34. The molecule has 0 unspecified atom stereocenters. The molecule has 0 saturated carbocycles. The molecule has 0 spiro atoms. The number of likely N-dealkylation sites (tertiary alicyclic amines) is 1. The van der Waals surface area contributed by atoms with E-state index in [9.17, 15) is 4.79 Å². The summed E-state index contributed by atoms with van der Waals surface area (Å²) in [5.41, 5.74) is 0.812. The smallest absolute Gasteiger partial charge is 0.241 e. The molecule has 98 valence electrons. The van der Waals surface area contributed by atoms with Crippen LogP contribution in [0.1, 0.15) is 19.8 Å². The summed E-state index contributed by atoms with van der Waals surface area (Å²) in [7, 11) is 1.63. The van der Waals surface area contributed by atoms with Crippen LogP contribution in [0.25, 0.3) is 0 Å². The van der Waals surface area contributed by atoms with Crippen LogP contribution in [0.5, 0.6) is 5.75 Å². The molecular weight excluding hydrogens is 228 g/mol. The minimum atomic E-state index is -0.0606. The van der Waals surface area contributed by atoms with Crippen LogP contribution in [0.4, 0.5) is 5.69 Å². The lowest BCUT2D eigenvalue weighted by Crippen LogP contribution is -2.40. The molecule has 1 atom stereocenters. The molecule has 2 rings (SSSR count). The van der Waals surface area contributed by atoms with Gasteiger partial charge in [-0.05, 0) is 57.1 Å². The number of methoxy groups -OCH3 is 1. The van der Waals surface area contributed by atoms with Crippen molar-refractivity contribution in [2.45, 2.75) is 25.8 Å². The first-order valence-electron chi connectivity index (χ1n) is 6.39. The van der Waals surface area contributed by atoms with Gasteiger partial charge < -0.3 is 10.1 Å². The van der Waals surface area contributed by atoms with Crippen molar-refractivity contribution in [3.63, 3.8) is 0 Å². The van der Waals surface area contributed by atoms with Crippen molar-refractivity contribution in [1.29, 1.82) is 0 Å². The van der Waals surface area contributed by atoms with Crippen molar-refractivity contribution in [2.75, 3.05) is 25.5 Å². The first-order valence-corrected chi connectivity index (χ1v) is 6.39. The van der Waals surface area contributed by atoms with Gasteiger partial charge in [0.2, 0.25) is 5.91 Å². The second kappa shape index (κ2) is 5.87. The van der Waals surface area contributed by atoms with Crippen molar-refractivity contribution < 1.29 is 9.53 Å². The molecular formula is C14H20N2O2. The van der Waals surface area contributed by atoms with Crippen LogP contribution in [-0.2, 0) is 4.79 Å². The number of carbonyl (C=O) groups is 1. The average molecular weight is 248 g/mol. The van der Waals surface area contributed by atoms with Crippen LogP contribution < -0.4 is 10.1 Å².